The second kappa shape index (κ2) is 6.85. The second-order valence-electron chi connectivity index (χ2n) is 6.90. The number of rotatable bonds is 2. The number of hydrogen-bond donors (Lipinski definition) is 0. The van der Waals surface area contributed by atoms with E-state index < -0.39 is 23.3 Å². The molecule has 0 saturated carbocycles. The summed E-state index contributed by atoms with van der Waals surface area (Å²) in [5, 5.41) is 0. The van der Waals surface area contributed by atoms with Crippen LogP contribution in [0.25, 0.3) is 11.1 Å². The standard InChI is InChI=1S/C24H15F3O2/c1-14-7-12-18-19(13-14)22(28)23(29)21(20(18)15-5-3-2-4-6-15)16-8-10-17(11-9-16)24(25,26)27/h2-13H,1H3. The Hall–Kier alpha value is -3.47. The van der Waals surface area contributed by atoms with Gasteiger partial charge < -0.3 is 0 Å². The summed E-state index contributed by atoms with van der Waals surface area (Å²) in [7, 11) is 0. The van der Waals surface area contributed by atoms with E-state index in [-0.39, 0.29) is 11.1 Å². The molecule has 0 aromatic heterocycles. The first kappa shape index (κ1) is 18.9. The van der Waals surface area contributed by atoms with Crippen LogP contribution in [0.3, 0.4) is 0 Å². The molecule has 0 radical (unpaired) electrons. The molecule has 4 rings (SSSR count). The average Bonchev–Trinajstić information content (AvgIpc) is 2.71. The van der Waals surface area contributed by atoms with Crippen LogP contribution < -0.4 is 0 Å². The molecule has 5 heteroatoms. The highest BCUT2D eigenvalue weighted by atomic mass is 19.4. The number of ketones is 2. The van der Waals surface area contributed by atoms with Crippen molar-refractivity contribution in [3.8, 4) is 0 Å². The fraction of sp³-hybridized carbons (Fsp3) is 0.0833. The van der Waals surface area contributed by atoms with Gasteiger partial charge in [-0.25, -0.2) is 0 Å². The molecule has 0 aliphatic heterocycles. The van der Waals surface area contributed by atoms with Crippen molar-refractivity contribution in [1.29, 1.82) is 0 Å². The largest absolute Gasteiger partial charge is 0.416 e. The molecular weight excluding hydrogens is 377 g/mol. The van der Waals surface area contributed by atoms with Crippen LogP contribution in [0, 0.1) is 6.92 Å². The summed E-state index contributed by atoms with van der Waals surface area (Å²) in [6.07, 6.45) is -4.48. The third-order valence-corrected chi connectivity index (χ3v) is 4.94. The van der Waals surface area contributed by atoms with Crippen molar-refractivity contribution in [2.24, 2.45) is 0 Å². The molecular formula is C24H15F3O2. The lowest BCUT2D eigenvalue weighted by molar-refractivity contribution is -0.137. The topological polar surface area (TPSA) is 34.1 Å². The van der Waals surface area contributed by atoms with Crippen LogP contribution in [0.1, 0.15) is 38.2 Å². The van der Waals surface area contributed by atoms with Crippen LogP contribution in [0.2, 0.25) is 0 Å². The Morgan fingerprint density at radius 2 is 1.28 bits per heavy atom. The third-order valence-electron chi connectivity index (χ3n) is 4.94. The monoisotopic (exact) mass is 392 g/mol. The lowest BCUT2D eigenvalue weighted by Crippen LogP contribution is -2.24. The molecule has 3 aromatic carbocycles. The molecule has 0 spiro atoms. The van der Waals surface area contributed by atoms with E-state index in [9.17, 15) is 22.8 Å². The Kier molecular flexibility index (Phi) is 4.46. The van der Waals surface area contributed by atoms with Crippen molar-refractivity contribution in [3.05, 3.63) is 106 Å². The van der Waals surface area contributed by atoms with E-state index in [0.717, 1.165) is 17.7 Å². The zero-order chi connectivity index (χ0) is 20.8. The Bertz CT molecular complexity index is 1150. The van der Waals surface area contributed by atoms with Gasteiger partial charge in [-0.1, -0.05) is 60.2 Å². The molecule has 144 valence electrons. The van der Waals surface area contributed by atoms with Gasteiger partial charge in [0.25, 0.3) is 0 Å². The summed E-state index contributed by atoms with van der Waals surface area (Å²) in [5.41, 5.74) is 2.60. The van der Waals surface area contributed by atoms with Crippen LogP contribution in [0.4, 0.5) is 13.2 Å². The first-order valence-corrected chi connectivity index (χ1v) is 8.95. The molecule has 3 aromatic rings. The second-order valence-corrected chi connectivity index (χ2v) is 6.90. The Morgan fingerprint density at radius 3 is 1.90 bits per heavy atom. The summed E-state index contributed by atoms with van der Waals surface area (Å²) in [6, 6.07) is 18.7. The van der Waals surface area contributed by atoms with E-state index in [1.165, 1.54) is 12.1 Å². The molecule has 0 N–H and O–H groups in total. The third kappa shape index (κ3) is 3.29. The first-order chi connectivity index (χ1) is 13.8. The number of halogens is 3. The summed E-state index contributed by atoms with van der Waals surface area (Å²) in [4.78, 5) is 25.8. The van der Waals surface area contributed by atoms with Gasteiger partial charge in [0.15, 0.2) is 0 Å². The van der Waals surface area contributed by atoms with Gasteiger partial charge in [0.1, 0.15) is 0 Å². The van der Waals surface area contributed by atoms with Gasteiger partial charge in [-0.3, -0.25) is 9.59 Å². The number of benzene rings is 3. The fourth-order valence-corrected chi connectivity index (χ4v) is 3.55. The van der Waals surface area contributed by atoms with Crippen LogP contribution in [0.15, 0.2) is 72.8 Å². The fourth-order valence-electron chi connectivity index (χ4n) is 3.55. The lowest BCUT2D eigenvalue weighted by atomic mass is 9.78. The molecule has 0 fully saturated rings. The van der Waals surface area contributed by atoms with E-state index in [1.54, 1.807) is 12.1 Å². The Morgan fingerprint density at radius 1 is 0.655 bits per heavy atom. The Balaban J connectivity index is 2.02. The van der Waals surface area contributed by atoms with Crippen molar-refractivity contribution in [3.63, 3.8) is 0 Å². The number of aryl methyl sites for hydroxylation is 1. The molecule has 0 heterocycles. The number of alkyl halides is 3. The van der Waals surface area contributed by atoms with E-state index >= 15 is 0 Å². The molecule has 0 saturated heterocycles. The van der Waals surface area contributed by atoms with Crippen molar-refractivity contribution < 1.29 is 22.8 Å². The SMILES string of the molecule is Cc1ccc2c(c1)C(=O)C(=O)C(c1ccc(C(F)(F)F)cc1)=C2c1ccccc1. The van der Waals surface area contributed by atoms with Crippen LogP contribution in [-0.2, 0) is 11.0 Å². The maximum atomic E-state index is 13.0. The van der Waals surface area contributed by atoms with E-state index in [1.807, 2.05) is 43.3 Å². The van der Waals surface area contributed by atoms with E-state index in [4.69, 9.17) is 0 Å². The molecule has 0 amide bonds. The van der Waals surface area contributed by atoms with Gasteiger partial charge in [0.05, 0.1) is 5.56 Å². The van der Waals surface area contributed by atoms with Crippen LogP contribution in [-0.4, -0.2) is 11.6 Å². The van der Waals surface area contributed by atoms with Gasteiger partial charge in [0.2, 0.25) is 11.6 Å². The van der Waals surface area contributed by atoms with Crippen LogP contribution >= 0.6 is 0 Å². The highest BCUT2D eigenvalue weighted by Gasteiger charge is 2.35. The Labute approximate surface area is 165 Å². The predicted octanol–water partition coefficient (Wildman–Crippen LogP) is 5.74. The zero-order valence-corrected chi connectivity index (χ0v) is 15.4. The lowest BCUT2D eigenvalue weighted by Gasteiger charge is -2.23. The molecule has 0 unspecified atom stereocenters. The number of carbonyl (C=O) groups excluding carboxylic acids is 2. The molecule has 1 aliphatic rings. The number of carbonyl (C=O) groups is 2. The van der Waals surface area contributed by atoms with Crippen LogP contribution in [0.5, 0.6) is 0 Å². The summed E-state index contributed by atoms with van der Waals surface area (Å²) in [5.74, 6) is -1.38. The average molecular weight is 392 g/mol. The molecule has 0 bridgehead atoms. The molecule has 0 atom stereocenters. The van der Waals surface area contributed by atoms with Crippen molar-refractivity contribution >= 4 is 22.7 Å². The summed E-state index contributed by atoms with van der Waals surface area (Å²) < 4.78 is 38.8. The first-order valence-electron chi connectivity index (χ1n) is 8.95. The van der Waals surface area contributed by atoms with Gasteiger partial charge in [0, 0.05) is 16.7 Å². The molecule has 1 aliphatic carbocycles. The quantitative estimate of drug-likeness (QED) is 0.521. The smallest absolute Gasteiger partial charge is 0.285 e. The van der Waals surface area contributed by atoms with Crippen molar-refractivity contribution in [2.75, 3.05) is 0 Å². The minimum absolute atomic E-state index is 0.117. The normalized spacial score (nSPS) is 14.2. The summed E-state index contributed by atoms with van der Waals surface area (Å²) >= 11 is 0. The predicted molar refractivity (Wildman–Crippen MR) is 104 cm³/mol. The van der Waals surface area contributed by atoms with E-state index in [2.05, 4.69) is 0 Å². The van der Waals surface area contributed by atoms with E-state index in [0.29, 0.717) is 22.3 Å². The van der Waals surface area contributed by atoms with Gasteiger partial charge in [-0.05, 0) is 41.8 Å². The molecule has 29 heavy (non-hydrogen) atoms. The van der Waals surface area contributed by atoms with Gasteiger partial charge >= 0.3 is 6.18 Å². The zero-order valence-electron chi connectivity index (χ0n) is 15.4. The minimum atomic E-state index is -4.48. The van der Waals surface area contributed by atoms with Gasteiger partial charge in [-0.2, -0.15) is 13.2 Å². The van der Waals surface area contributed by atoms with Crippen molar-refractivity contribution in [1.82, 2.24) is 0 Å². The maximum absolute atomic E-state index is 13.0. The summed E-state index contributed by atoms with van der Waals surface area (Å²) in [6.45, 7) is 1.83. The molecule has 2 nitrogen and oxygen atoms in total. The van der Waals surface area contributed by atoms with Gasteiger partial charge in [-0.15, -0.1) is 0 Å². The van der Waals surface area contributed by atoms with Crippen molar-refractivity contribution in [2.45, 2.75) is 13.1 Å². The highest BCUT2D eigenvalue weighted by Crippen LogP contribution is 2.40. The number of fused-ring (bicyclic) bond motifs is 1. The highest BCUT2D eigenvalue weighted by molar-refractivity contribution is 6.63. The number of Topliss-reactive ketones (excluding diaryl/α,β-unsaturated/α-hetero) is 2. The number of hydrogen-bond acceptors (Lipinski definition) is 2. The maximum Gasteiger partial charge on any atom is 0.416 e. The minimum Gasteiger partial charge on any atom is -0.285 e. The number of allylic oxidation sites excluding steroid dienone is 1.